The summed E-state index contributed by atoms with van der Waals surface area (Å²) in [6.07, 6.45) is 0. The maximum absolute atomic E-state index is 13.5. The van der Waals surface area contributed by atoms with Crippen molar-refractivity contribution in [3.05, 3.63) is 101 Å². The number of carbonyl (C=O) groups is 2. The summed E-state index contributed by atoms with van der Waals surface area (Å²) < 4.78 is 16.0. The third-order valence-electron chi connectivity index (χ3n) is 6.07. The zero-order valence-electron chi connectivity index (χ0n) is 22.0. The van der Waals surface area contributed by atoms with E-state index in [0.717, 1.165) is 16.0 Å². The average molecular weight is 559 g/mol. The first-order chi connectivity index (χ1) is 19.3. The number of anilines is 2. The van der Waals surface area contributed by atoms with Gasteiger partial charge in [0.25, 0.3) is 11.8 Å². The molecule has 0 heterocycles. The van der Waals surface area contributed by atoms with Gasteiger partial charge in [-0.15, -0.1) is 0 Å². The number of amides is 2. The highest BCUT2D eigenvalue weighted by Gasteiger charge is 2.25. The van der Waals surface area contributed by atoms with E-state index in [9.17, 15) is 9.59 Å². The molecule has 0 aliphatic rings. The Morgan fingerprint density at radius 1 is 0.800 bits per heavy atom. The van der Waals surface area contributed by atoms with Crippen LogP contribution in [-0.2, 0) is 0 Å². The molecule has 0 fully saturated rings. The topological polar surface area (TPSA) is 127 Å². The van der Waals surface area contributed by atoms with Crippen molar-refractivity contribution in [1.29, 1.82) is 5.41 Å². The van der Waals surface area contributed by atoms with Gasteiger partial charge in [-0.3, -0.25) is 15.0 Å². The Kier molecular flexibility index (Phi) is 8.56. The normalized spacial score (nSPS) is 10.4. The maximum Gasteiger partial charge on any atom is 0.265 e. The number of hydrogen-bond acceptors (Lipinski definition) is 6. The molecule has 0 radical (unpaired) electrons. The largest absolute Gasteiger partial charge is 0.493 e. The molecule has 0 aromatic heterocycles. The highest BCUT2D eigenvalue weighted by atomic mass is 35.5. The number of nitrogens with two attached hydrogens (primary N) is 1. The van der Waals surface area contributed by atoms with E-state index in [2.05, 4.69) is 5.32 Å². The third-order valence-corrected chi connectivity index (χ3v) is 6.40. The molecule has 0 spiro atoms. The molecule has 0 bridgehead atoms. The number of carbonyl (C=O) groups excluding carboxylic acids is 2. The molecule has 0 atom stereocenters. The summed E-state index contributed by atoms with van der Waals surface area (Å²) in [5.41, 5.74) is 8.83. The van der Waals surface area contributed by atoms with Gasteiger partial charge >= 0.3 is 0 Å². The van der Waals surface area contributed by atoms with E-state index in [0.29, 0.717) is 11.3 Å². The molecule has 4 aromatic rings. The Bertz CT molecular complexity index is 1530. The third kappa shape index (κ3) is 5.84. The van der Waals surface area contributed by atoms with Crippen LogP contribution < -0.4 is 30.2 Å². The Balaban J connectivity index is 1.62. The van der Waals surface area contributed by atoms with Crippen LogP contribution in [0.5, 0.6) is 17.2 Å². The van der Waals surface area contributed by atoms with Crippen LogP contribution in [0.3, 0.4) is 0 Å². The Hall–Kier alpha value is -5.02. The number of nitrogens with zero attached hydrogens (tertiary/aromatic N) is 1. The lowest BCUT2D eigenvalue weighted by molar-refractivity contribution is 0.0999. The highest BCUT2D eigenvalue weighted by molar-refractivity contribution is 6.34. The molecule has 0 aliphatic heterocycles. The van der Waals surface area contributed by atoms with Crippen molar-refractivity contribution in [1.82, 2.24) is 0 Å². The lowest BCUT2D eigenvalue weighted by atomic mass is 10.0. The van der Waals surface area contributed by atoms with Gasteiger partial charge in [0.05, 0.1) is 37.7 Å². The molecule has 4 rings (SSSR count). The second-order valence-electron chi connectivity index (χ2n) is 8.50. The van der Waals surface area contributed by atoms with Gasteiger partial charge < -0.3 is 25.3 Å². The zero-order valence-corrected chi connectivity index (χ0v) is 22.8. The van der Waals surface area contributed by atoms with E-state index in [1.807, 2.05) is 42.5 Å². The number of rotatable bonds is 8. The monoisotopic (exact) mass is 558 g/mol. The van der Waals surface area contributed by atoms with E-state index in [1.165, 1.54) is 51.7 Å². The predicted octanol–water partition coefficient (Wildman–Crippen LogP) is 5.83. The minimum Gasteiger partial charge on any atom is -0.493 e. The van der Waals surface area contributed by atoms with Crippen molar-refractivity contribution >= 4 is 40.7 Å². The summed E-state index contributed by atoms with van der Waals surface area (Å²) in [7, 11) is 4.31. The van der Waals surface area contributed by atoms with Gasteiger partial charge in [-0.2, -0.15) is 0 Å². The summed E-state index contributed by atoms with van der Waals surface area (Å²) in [4.78, 5) is 27.5. The summed E-state index contributed by atoms with van der Waals surface area (Å²) >= 11 is 6.38. The fourth-order valence-corrected chi connectivity index (χ4v) is 4.25. The van der Waals surface area contributed by atoms with Gasteiger partial charge in [-0.1, -0.05) is 54.1 Å². The molecule has 9 nitrogen and oxygen atoms in total. The minimum absolute atomic E-state index is 0.128. The molecule has 204 valence electrons. The molecule has 0 unspecified atom stereocenters. The van der Waals surface area contributed by atoms with E-state index in [4.69, 9.17) is 37.0 Å². The fraction of sp³-hybridized carbons (Fsp3) is 0.100. The molecule has 0 saturated heterocycles. The molecule has 10 heteroatoms. The number of guanidine groups is 1. The van der Waals surface area contributed by atoms with Crippen LogP contribution in [0, 0.1) is 5.41 Å². The van der Waals surface area contributed by atoms with Crippen LogP contribution in [0.25, 0.3) is 11.1 Å². The van der Waals surface area contributed by atoms with Gasteiger partial charge in [-0.25, -0.2) is 4.90 Å². The van der Waals surface area contributed by atoms with Gasteiger partial charge in [0.15, 0.2) is 17.5 Å². The molecule has 4 aromatic carbocycles. The summed E-state index contributed by atoms with van der Waals surface area (Å²) in [6, 6.07) is 24.3. The number of benzene rings is 4. The van der Waals surface area contributed by atoms with Gasteiger partial charge in [0, 0.05) is 11.1 Å². The Labute approximate surface area is 236 Å². The first-order valence-electron chi connectivity index (χ1n) is 12.0. The van der Waals surface area contributed by atoms with Crippen molar-refractivity contribution in [2.75, 3.05) is 31.5 Å². The lowest BCUT2D eigenvalue weighted by Gasteiger charge is -2.23. The highest BCUT2D eigenvalue weighted by Crippen LogP contribution is 2.39. The minimum atomic E-state index is -0.636. The quantitative estimate of drug-likeness (QED) is 0.184. The molecule has 40 heavy (non-hydrogen) atoms. The van der Waals surface area contributed by atoms with Crippen molar-refractivity contribution < 1.29 is 23.8 Å². The smallest absolute Gasteiger partial charge is 0.265 e. The van der Waals surface area contributed by atoms with Crippen LogP contribution in [0.15, 0.2) is 84.9 Å². The van der Waals surface area contributed by atoms with Crippen molar-refractivity contribution in [2.24, 2.45) is 5.73 Å². The number of nitrogens with one attached hydrogen (secondary N) is 2. The number of methoxy groups -OCH3 is 3. The second kappa shape index (κ2) is 12.2. The number of hydrogen-bond donors (Lipinski definition) is 3. The average Bonchev–Trinajstić information content (AvgIpc) is 2.98. The molecule has 4 N–H and O–H groups in total. The number of halogens is 1. The van der Waals surface area contributed by atoms with E-state index in [1.54, 1.807) is 12.1 Å². The SMILES string of the molecule is COc1cc(C(=O)N(C(=N)N)c2ccc(Cl)c(NC(=O)c3ccc(-c4ccccc4)cc3)c2)cc(OC)c1OC. The predicted molar refractivity (Wildman–Crippen MR) is 156 cm³/mol. The standard InChI is InChI=1S/C30H27ClN4O5/c1-38-25-15-21(16-26(39-2)27(25)40-3)29(37)35(30(32)33)22-13-14-23(31)24(17-22)34-28(36)20-11-9-19(10-12-20)18-7-5-4-6-8-18/h4-17H,1-3H3,(H3,32,33)(H,34,36). The molecular weight excluding hydrogens is 532 g/mol. The first-order valence-corrected chi connectivity index (χ1v) is 12.4. The number of ether oxygens (including phenoxy) is 3. The summed E-state index contributed by atoms with van der Waals surface area (Å²) in [5.74, 6) is -0.752. The summed E-state index contributed by atoms with van der Waals surface area (Å²) in [5, 5.41) is 11.1. The van der Waals surface area contributed by atoms with E-state index in [-0.39, 0.29) is 33.5 Å². The van der Waals surface area contributed by atoms with Crippen LogP contribution in [-0.4, -0.2) is 39.1 Å². The van der Waals surface area contributed by atoms with Crippen LogP contribution in [0.1, 0.15) is 20.7 Å². The summed E-state index contributed by atoms with van der Waals surface area (Å²) in [6.45, 7) is 0. The van der Waals surface area contributed by atoms with Gasteiger partial charge in [0.1, 0.15) is 0 Å². The Morgan fingerprint density at radius 2 is 1.40 bits per heavy atom. The van der Waals surface area contributed by atoms with E-state index < -0.39 is 17.8 Å². The molecule has 0 saturated carbocycles. The van der Waals surface area contributed by atoms with Crippen LogP contribution in [0.4, 0.5) is 11.4 Å². The van der Waals surface area contributed by atoms with Crippen LogP contribution >= 0.6 is 11.6 Å². The second-order valence-corrected chi connectivity index (χ2v) is 8.91. The molecular formula is C30H27ClN4O5. The maximum atomic E-state index is 13.5. The fourth-order valence-electron chi connectivity index (χ4n) is 4.09. The van der Waals surface area contributed by atoms with Gasteiger partial charge in [0.2, 0.25) is 5.75 Å². The zero-order chi connectivity index (χ0) is 28.8. The molecule has 0 aliphatic carbocycles. The van der Waals surface area contributed by atoms with Crippen LogP contribution in [0.2, 0.25) is 5.02 Å². The van der Waals surface area contributed by atoms with Gasteiger partial charge in [-0.05, 0) is 53.6 Å². The lowest BCUT2D eigenvalue weighted by Crippen LogP contribution is -2.41. The van der Waals surface area contributed by atoms with Crippen molar-refractivity contribution in [3.63, 3.8) is 0 Å². The van der Waals surface area contributed by atoms with Crippen molar-refractivity contribution in [3.8, 4) is 28.4 Å². The first kappa shape index (κ1) is 28.0. The molecule has 2 amide bonds. The Morgan fingerprint density at radius 3 is 1.95 bits per heavy atom. The van der Waals surface area contributed by atoms with Crippen molar-refractivity contribution in [2.45, 2.75) is 0 Å². The van der Waals surface area contributed by atoms with E-state index >= 15 is 0 Å².